The summed E-state index contributed by atoms with van der Waals surface area (Å²) in [6, 6.07) is 0. The lowest BCUT2D eigenvalue weighted by Gasteiger charge is -2.34. The first-order chi connectivity index (χ1) is 4.91. The second-order valence-electron chi connectivity index (χ2n) is 3.70. The van der Waals surface area contributed by atoms with Crippen molar-refractivity contribution in [2.75, 3.05) is 6.61 Å². The molecule has 3 nitrogen and oxygen atoms in total. The SMILES string of the molecule is CB1OC(C)(C)C(C)(CO)O1. The van der Waals surface area contributed by atoms with Crippen molar-refractivity contribution < 1.29 is 14.4 Å². The van der Waals surface area contributed by atoms with Crippen LogP contribution in [0, 0.1) is 0 Å². The molecule has 0 bridgehead atoms. The van der Waals surface area contributed by atoms with Gasteiger partial charge in [0.15, 0.2) is 0 Å². The molecule has 0 amide bonds. The molecule has 1 aliphatic heterocycles. The zero-order valence-corrected chi connectivity index (χ0v) is 7.55. The van der Waals surface area contributed by atoms with E-state index < -0.39 is 11.2 Å². The van der Waals surface area contributed by atoms with Crippen molar-refractivity contribution in [1.29, 1.82) is 0 Å². The molecule has 1 saturated heterocycles. The van der Waals surface area contributed by atoms with Crippen molar-refractivity contribution >= 4 is 7.12 Å². The molecule has 0 radical (unpaired) electrons. The molecular weight excluding hydrogens is 143 g/mol. The van der Waals surface area contributed by atoms with Gasteiger partial charge < -0.3 is 14.4 Å². The van der Waals surface area contributed by atoms with Gasteiger partial charge >= 0.3 is 7.12 Å². The van der Waals surface area contributed by atoms with Crippen LogP contribution in [-0.2, 0) is 9.31 Å². The van der Waals surface area contributed by atoms with E-state index in [1.165, 1.54) is 0 Å². The summed E-state index contributed by atoms with van der Waals surface area (Å²) in [5.74, 6) is 0. The maximum absolute atomic E-state index is 9.07. The Morgan fingerprint density at radius 2 is 1.82 bits per heavy atom. The monoisotopic (exact) mass is 158 g/mol. The van der Waals surface area contributed by atoms with E-state index in [4.69, 9.17) is 14.4 Å². The summed E-state index contributed by atoms with van der Waals surface area (Å²) in [6.07, 6.45) is 0. The fourth-order valence-electron chi connectivity index (χ4n) is 1.30. The fourth-order valence-corrected chi connectivity index (χ4v) is 1.30. The lowest BCUT2D eigenvalue weighted by atomic mass is 9.89. The number of hydrogen-bond donors (Lipinski definition) is 1. The van der Waals surface area contributed by atoms with Crippen LogP contribution in [-0.4, -0.2) is 30.0 Å². The van der Waals surface area contributed by atoms with Gasteiger partial charge in [-0.1, -0.05) is 0 Å². The first-order valence-corrected chi connectivity index (χ1v) is 3.88. The summed E-state index contributed by atoms with van der Waals surface area (Å²) < 4.78 is 10.9. The third-order valence-electron chi connectivity index (χ3n) is 2.46. The first kappa shape index (κ1) is 9.04. The van der Waals surface area contributed by atoms with Crippen molar-refractivity contribution in [1.82, 2.24) is 0 Å². The first-order valence-electron chi connectivity index (χ1n) is 3.88. The van der Waals surface area contributed by atoms with E-state index in [-0.39, 0.29) is 13.7 Å². The summed E-state index contributed by atoms with van der Waals surface area (Å²) in [5, 5.41) is 9.07. The van der Waals surface area contributed by atoms with Crippen LogP contribution in [0.25, 0.3) is 0 Å². The smallest absolute Gasteiger partial charge is 0.403 e. The van der Waals surface area contributed by atoms with Crippen molar-refractivity contribution in [3.8, 4) is 0 Å². The van der Waals surface area contributed by atoms with E-state index >= 15 is 0 Å². The molecule has 1 aliphatic rings. The van der Waals surface area contributed by atoms with Gasteiger partial charge in [-0.05, 0) is 27.6 Å². The van der Waals surface area contributed by atoms with E-state index in [0.717, 1.165) is 0 Å². The van der Waals surface area contributed by atoms with Gasteiger partial charge in [0.05, 0.1) is 12.2 Å². The summed E-state index contributed by atoms with van der Waals surface area (Å²) in [5.41, 5.74) is -0.965. The Morgan fingerprint density at radius 3 is 2.00 bits per heavy atom. The molecule has 0 aromatic rings. The zero-order valence-electron chi connectivity index (χ0n) is 7.55. The molecule has 64 valence electrons. The normalized spacial score (nSPS) is 36.3. The maximum atomic E-state index is 9.07. The highest BCUT2D eigenvalue weighted by Crippen LogP contribution is 2.36. The van der Waals surface area contributed by atoms with Crippen LogP contribution in [0.15, 0.2) is 0 Å². The van der Waals surface area contributed by atoms with Crippen LogP contribution < -0.4 is 0 Å². The highest BCUT2D eigenvalue weighted by molar-refractivity contribution is 6.43. The predicted molar refractivity (Wildman–Crippen MR) is 43.4 cm³/mol. The Bertz CT molecular complexity index is 160. The van der Waals surface area contributed by atoms with E-state index in [1.807, 2.05) is 27.6 Å². The van der Waals surface area contributed by atoms with Crippen molar-refractivity contribution in [2.45, 2.75) is 38.8 Å². The Labute approximate surface area is 67.8 Å². The number of aliphatic hydroxyl groups is 1. The summed E-state index contributed by atoms with van der Waals surface area (Å²) >= 11 is 0. The molecule has 0 saturated carbocycles. The summed E-state index contributed by atoms with van der Waals surface area (Å²) in [4.78, 5) is 0. The number of rotatable bonds is 1. The van der Waals surface area contributed by atoms with Crippen molar-refractivity contribution in [2.24, 2.45) is 0 Å². The van der Waals surface area contributed by atoms with Gasteiger partial charge in [-0.2, -0.15) is 0 Å². The fraction of sp³-hybridized carbons (Fsp3) is 1.00. The lowest BCUT2D eigenvalue weighted by molar-refractivity contribution is -0.0474. The van der Waals surface area contributed by atoms with E-state index in [2.05, 4.69) is 0 Å². The van der Waals surface area contributed by atoms with Crippen molar-refractivity contribution in [3.63, 3.8) is 0 Å². The van der Waals surface area contributed by atoms with E-state index in [0.29, 0.717) is 0 Å². The standard InChI is InChI=1S/C7H15BO3/c1-6(2)7(3,5-9)11-8(4)10-6/h9H,5H2,1-4H3. The highest BCUT2D eigenvalue weighted by atomic mass is 16.7. The van der Waals surface area contributed by atoms with Crippen molar-refractivity contribution in [3.05, 3.63) is 0 Å². The molecule has 0 aliphatic carbocycles. The minimum atomic E-state index is -0.563. The van der Waals surface area contributed by atoms with Gasteiger partial charge in [-0.15, -0.1) is 0 Å². The topological polar surface area (TPSA) is 38.7 Å². The Kier molecular flexibility index (Phi) is 2.03. The largest absolute Gasteiger partial charge is 0.454 e. The molecule has 0 aromatic heterocycles. The predicted octanol–water partition coefficient (Wildman–Crippen LogP) is 0.681. The Hall–Kier alpha value is -0.0551. The van der Waals surface area contributed by atoms with Gasteiger partial charge in [0.2, 0.25) is 0 Å². The third-order valence-corrected chi connectivity index (χ3v) is 2.46. The third kappa shape index (κ3) is 1.30. The molecule has 1 fully saturated rings. The van der Waals surface area contributed by atoms with Crippen LogP contribution in [0.5, 0.6) is 0 Å². The molecular formula is C7H15BO3. The van der Waals surface area contributed by atoms with Crippen LogP contribution in [0.3, 0.4) is 0 Å². The Balaban J connectivity index is 2.81. The van der Waals surface area contributed by atoms with Gasteiger partial charge in [-0.3, -0.25) is 0 Å². The Morgan fingerprint density at radius 1 is 1.27 bits per heavy atom. The van der Waals surface area contributed by atoms with E-state index in [9.17, 15) is 0 Å². The molecule has 1 unspecified atom stereocenters. The average Bonchev–Trinajstić information content (AvgIpc) is 2.03. The highest BCUT2D eigenvalue weighted by Gasteiger charge is 2.51. The van der Waals surface area contributed by atoms with Crippen LogP contribution in [0.4, 0.5) is 0 Å². The van der Waals surface area contributed by atoms with Crippen LogP contribution in [0.2, 0.25) is 6.82 Å². The number of aliphatic hydroxyl groups excluding tert-OH is 1. The molecule has 4 heteroatoms. The summed E-state index contributed by atoms with van der Waals surface area (Å²) in [6.45, 7) is 7.53. The van der Waals surface area contributed by atoms with Gasteiger partial charge in [0.1, 0.15) is 5.60 Å². The quantitative estimate of drug-likeness (QED) is 0.570. The van der Waals surface area contributed by atoms with E-state index in [1.54, 1.807) is 0 Å². The van der Waals surface area contributed by atoms with Gasteiger partial charge in [0, 0.05) is 0 Å². The molecule has 1 heterocycles. The van der Waals surface area contributed by atoms with Crippen LogP contribution >= 0.6 is 0 Å². The second-order valence-corrected chi connectivity index (χ2v) is 3.70. The lowest BCUT2D eigenvalue weighted by Crippen LogP contribution is -2.47. The molecule has 11 heavy (non-hydrogen) atoms. The second kappa shape index (κ2) is 2.47. The van der Waals surface area contributed by atoms with Crippen LogP contribution in [0.1, 0.15) is 20.8 Å². The zero-order chi connectivity index (χ0) is 8.70. The van der Waals surface area contributed by atoms with Gasteiger partial charge in [0.25, 0.3) is 0 Å². The average molecular weight is 158 g/mol. The minimum absolute atomic E-state index is 0.00958. The molecule has 1 N–H and O–H groups in total. The molecule has 1 rings (SSSR count). The number of hydrogen-bond acceptors (Lipinski definition) is 3. The maximum Gasteiger partial charge on any atom is 0.454 e. The minimum Gasteiger partial charge on any atom is -0.403 e. The molecule has 1 atom stereocenters. The molecule has 0 spiro atoms. The van der Waals surface area contributed by atoms with Gasteiger partial charge in [-0.25, -0.2) is 0 Å². The summed E-state index contributed by atoms with van der Waals surface area (Å²) in [7, 11) is -0.220. The molecule has 0 aromatic carbocycles.